The van der Waals surface area contributed by atoms with Crippen molar-refractivity contribution in [1.82, 2.24) is 10.6 Å². The molecule has 0 bridgehead atoms. The molecule has 0 amide bonds. The van der Waals surface area contributed by atoms with E-state index in [-0.39, 0.29) is 0 Å². The van der Waals surface area contributed by atoms with Gasteiger partial charge in [0.25, 0.3) is 0 Å². The van der Waals surface area contributed by atoms with E-state index in [1.165, 1.54) is 18.4 Å². The normalized spacial score (nSPS) is 14.6. The SMILES string of the molecule is CN=C(NCc1ccsc1)NCc1ccccc1OCC1CC1. The third kappa shape index (κ3) is 4.99. The van der Waals surface area contributed by atoms with Crippen molar-refractivity contribution in [2.45, 2.75) is 25.9 Å². The van der Waals surface area contributed by atoms with E-state index in [0.29, 0.717) is 6.54 Å². The number of para-hydroxylation sites is 1. The van der Waals surface area contributed by atoms with Crippen LogP contribution < -0.4 is 15.4 Å². The smallest absolute Gasteiger partial charge is 0.191 e. The molecule has 0 spiro atoms. The van der Waals surface area contributed by atoms with E-state index in [9.17, 15) is 0 Å². The van der Waals surface area contributed by atoms with Gasteiger partial charge in [0.2, 0.25) is 0 Å². The van der Waals surface area contributed by atoms with E-state index in [1.54, 1.807) is 18.4 Å². The zero-order valence-corrected chi connectivity index (χ0v) is 14.2. The third-order valence-electron chi connectivity index (χ3n) is 3.85. The number of benzene rings is 1. The molecule has 1 aromatic carbocycles. The van der Waals surface area contributed by atoms with Crippen LogP contribution in [0.2, 0.25) is 0 Å². The largest absolute Gasteiger partial charge is 0.493 e. The lowest BCUT2D eigenvalue weighted by Gasteiger charge is -2.14. The van der Waals surface area contributed by atoms with Gasteiger partial charge in [0, 0.05) is 25.7 Å². The minimum Gasteiger partial charge on any atom is -0.493 e. The minimum absolute atomic E-state index is 0.699. The van der Waals surface area contributed by atoms with Gasteiger partial charge >= 0.3 is 0 Å². The second-order valence-electron chi connectivity index (χ2n) is 5.77. The summed E-state index contributed by atoms with van der Waals surface area (Å²) < 4.78 is 5.95. The zero-order valence-electron chi connectivity index (χ0n) is 13.4. The summed E-state index contributed by atoms with van der Waals surface area (Å²) in [7, 11) is 1.79. The standard InChI is InChI=1S/C18H23N3OS/c1-19-18(20-10-15-8-9-23-13-15)21-11-16-4-2-3-5-17(16)22-12-14-6-7-14/h2-5,8-9,13-14H,6-7,10-12H2,1H3,(H2,19,20,21). The Morgan fingerprint density at radius 2 is 2.04 bits per heavy atom. The molecular formula is C18H23N3OS. The first kappa shape index (κ1) is 15.9. The van der Waals surface area contributed by atoms with E-state index >= 15 is 0 Å². The summed E-state index contributed by atoms with van der Waals surface area (Å²) in [4.78, 5) is 4.27. The molecule has 122 valence electrons. The van der Waals surface area contributed by atoms with Gasteiger partial charge in [-0.05, 0) is 47.2 Å². The topological polar surface area (TPSA) is 45.7 Å². The maximum atomic E-state index is 5.95. The molecule has 2 aromatic rings. The molecule has 0 aliphatic heterocycles. The van der Waals surface area contributed by atoms with Gasteiger partial charge in [-0.3, -0.25) is 4.99 Å². The third-order valence-corrected chi connectivity index (χ3v) is 4.59. The quantitative estimate of drug-likeness (QED) is 0.604. The first-order valence-electron chi connectivity index (χ1n) is 8.01. The highest BCUT2D eigenvalue weighted by molar-refractivity contribution is 7.07. The van der Waals surface area contributed by atoms with Crippen molar-refractivity contribution in [3.63, 3.8) is 0 Å². The van der Waals surface area contributed by atoms with E-state index in [0.717, 1.165) is 36.3 Å². The number of hydrogen-bond donors (Lipinski definition) is 2. The Labute approximate surface area is 141 Å². The maximum absolute atomic E-state index is 5.95. The highest BCUT2D eigenvalue weighted by Gasteiger charge is 2.22. The lowest BCUT2D eigenvalue weighted by molar-refractivity contribution is 0.296. The molecule has 1 saturated carbocycles. The van der Waals surface area contributed by atoms with E-state index in [1.807, 2.05) is 18.2 Å². The van der Waals surface area contributed by atoms with Crippen molar-refractivity contribution in [3.05, 3.63) is 52.2 Å². The number of nitrogens with one attached hydrogen (secondary N) is 2. The minimum atomic E-state index is 0.699. The molecule has 1 fully saturated rings. The fraction of sp³-hybridized carbons (Fsp3) is 0.389. The Kier molecular flexibility index (Phi) is 5.53. The van der Waals surface area contributed by atoms with Crippen LogP contribution in [0.25, 0.3) is 0 Å². The number of guanidine groups is 1. The summed E-state index contributed by atoms with van der Waals surface area (Å²) >= 11 is 1.71. The molecule has 23 heavy (non-hydrogen) atoms. The molecule has 1 heterocycles. The maximum Gasteiger partial charge on any atom is 0.191 e. The van der Waals surface area contributed by atoms with E-state index < -0.39 is 0 Å². The molecular weight excluding hydrogens is 306 g/mol. The van der Waals surface area contributed by atoms with Crippen LogP contribution in [0.15, 0.2) is 46.1 Å². The number of rotatable bonds is 7. The molecule has 0 atom stereocenters. The molecule has 5 heteroatoms. The van der Waals surface area contributed by atoms with Gasteiger partial charge in [-0.15, -0.1) is 0 Å². The molecule has 3 rings (SSSR count). The van der Waals surface area contributed by atoms with Crippen LogP contribution >= 0.6 is 11.3 Å². The highest BCUT2D eigenvalue weighted by atomic mass is 32.1. The number of thiophene rings is 1. The van der Waals surface area contributed by atoms with Crippen LogP contribution in [0.4, 0.5) is 0 Å². The van der Waals surface area contributed by atoms with Gasteiger partial charge in [0.1, 0.15) is 5.75 Å². The van der Waals surface area contributed by atoms with Crippen LogP contribution in [-0.4, -0.2) is 19.6 Å². The lowest BCUT2D eigenvalue weighted by Crippen LogP contribution is -2.36. The van der Waals surface area contributed by atoms with Crippen LogP contribution in [0.3, 0.4) is 0 Å². The van der Waals surface area contributed by atoms with Gasteiger partial charge in [-0.2, -0.15) is 11.3 Å². The summed E-state index contributed by atoms with van der Waals surface area (Å²) in [6.45, 7) is 2.31. The molecule has 1 aliphatic carbocycles. The van der Waals surface area contributed by atoms with Gasteiger partial charge in [-0.25, -0.2) is 0 Å². The average molecular weight is 329 g/mol. The fourth-order valence-corrected chi connectivity index (χ4v) is 2.93. The predicted molar refractivity (Wildman–Crippen MR) is 96.0 cm³/mol. The summed E-state index contributed by atoms with van der Waals surface area (Å²) in [5.41, 5.74) is 2.43. The Bertz CT molecular complexity index is 635. The Morgan fingerprint density at radius 1 is 1.22 bits per heavy atom. The van der Waals surface area contributed by atoms with Crippen molar-refractivity contribution in [3.8, 4) is 5.75 Å². The van der Waals surface area contributed by atoms with Crippen LogP contribution in [0, 0.1) is 5.92 Å². The molecule has 0 radical (unpaired) electrons. The second-order valence-corrected chi connectivity index (χ2v) is 6.55. The summed E-state index contributed by atoms with van der Waals surface area (Å²) in [5, 5.41) is 10.9. The number of nitrogens with zero attached hydrogens (tertiary/aromatic N) is 1. The summed E-state index contributed by atoms with van der Waals surface area (Å²) in [6, 6.07) is 10.3. The molecule has 0 unspecified atom stereocenters. The lowest BCUT2D eigenvalue weighted by atomic mass is 10.2. The zero-order chi connectivity index (χ0) is 15.9. The monoisotopic (exact) mass is 329 g/mol. The van der Waals surface area contributed by atoms with Crippen LogP contribution in [0.1, 0.15) is 24.0 Å². The molecule has 1 aromatic heterocycles. The number of aliphatic imine (C=N–C) groups is 1. The molecule has 1 aliphatic rings. The van der Waals surface area contributed by atoms with Crippen molar-refractivity contribution < 1.29 is 4.74 Å². The van der Waals surface area contributed by atoms with Crippen molar-refractivity contribution in [2.24, 2.45) is 10.9 Å². The van der Waals surface area contributed by atoms with Gasteiger partial charge in [0.05, 0.1) is 6.61 Å². The number of ether oxygens (including phenoxy) is 1. The van der Waals surface area contributed by atoms with Crippen molar-refractivity contribution in [2.75, 3.05) is 13.7 Å². The Morgan fingerprint density at radius 3 is 2.78 bits per heavy atom. The van der Waals surface area contributed by atoms with Crippen molar-refractivity contribution in [1.29, 1.82) is 0 Å². The van der Waals surface area contributed by atoms with Gasteiger partial charge in [0.15, 0.2) is 5.96 Å². The highest BCUT2D eigenvalue weighted by Crippen LogP contribution is 2.30. The summed E-state index contributed by atoms with van der Waals surface area (Å²) in [6.07, 6.45) is 2.61. The van der Waals surface area contributed by atoms with E-state index in [4.69, 9.17) is 4.74 Å². The predicted octanol–water partition coefficient (Wildman–Crippen LogP) is 3.40. The fourth-order valence-electron chi connectivity index (χ4n) is 2.26. The van der Waals surface area contributed by atoms with Crippen molar-refractivity contribution >= 4 is 17.3 Å². The number of hydrogen-bond acceptors (Lipinski definition) is 3. The average Bonchev–Trinajstić information content (AvgIpc) is 3.27. The Balaban J connectivity index is 1.51. The molecule has 0 saturated heterocycles. The summed E-state index contributed by atoms with van der Waals surface area (Å²) in [5.74, 6) is 2.53. The van der Waals surface area contributed by atoms with Gasteiger partial charge < -0.3 is 15.4 Å². The molecule has 2 N–H and O–H groups in total. The van der Waals surface area contributed by atoms with Gasteiger partial charge in [-0.1, -0.05) is 18.2 Å². The van der Waals surface area contributed by atoms with E-state index in [2.05, 4.69) is 38.5 Å². The van der Waals surface area contributed by atoms with Crippen LogP contribution in [-0.2, 0) is 13.1 Å². The first-order valence-corrected chi connectivity index (χ1v) is 8.95. The van der Waals surface area contributed by atoms with Crippen LogP contribution in [0.5, 0.6) is 5.75 Å². The Hall–Kier alpha value is -2.01. The first-order chi connectivity index (χ1) is 11.3. The molecule has 4 nitrogen and oxygen atoms in total. The second kappa shape index (κ2) is 8.02.